The zero-order valence-electron chi connectivity index (χ0n) is 14.8. The minimum absolute atomic E-state index is 0.191. The zero-order valence-corrected chi connectivity index (χ0v) is 14.8. The number of ether oxygens (including phenoxy) is 2. The topological polar surface area (TPSA) is 64.6 Å². The zero-order chi connectivity index (χ0) is 17.5. The van der Waals surface area contributed by atoms with Crippen molar-refractivity contribution in [3.63, 3.8) is 0 Å². The van der Waals surface area contributed by atoms with Crippen LogP contribution in [0.15, 0.2) is 18.2 Å². The van der Waals surface area contributed by atoms with Crippen LogP contribution in [0.5, 0.6) is 5.75 Å². The van der Waals surface area contributed by atoms with E-state index in [1.165, 1.54) is 6.42 Å². The molecule has 1 saturated carbocycles. The minimum Gasteiger partial charge on any atom is -0.481 e. The van der Waals surface area contributed by atoms with Crippen LogP contribution < -0.4 is 10.1 Å². The lowest BCUT2D eigenvalue weighted by Crippen LogP contribution is -2.43. The van der Waals surface area contributed by atoms with Gasteiger partial charge in [-0.15, -0.1) is 0 Å². The third-order valence-electron chi connectivity index (χ3n) is 4.57. The highest BCUT2D eigenvalue weighted by Gasteiger charge is 2.23. The predicted octanol–water partition coefficient (Wildman–Crippen LogP) is 2.92. The second kappa shape index (κ2) is 8.71. The summed E-state index contributed by atoms with van der Waals surface area (Å²) in [6.07, 6.45) is 4.49. The molecule has 0 bridgehead atoms. The average molecular weight is 333 g/mol. The maximum atomic E-state index is 11.9. The predicted molar refractivity (Wildman–Crippen MR) is 91.9 cm³/mol. The van der Waals surface area contributed by atoms with Crippen LogP contribution in [0.1, 0.15) is 43.7 Å². The summed E-state index contributed by atoms with van der Waals surface area (Å²) in [5.41, 5.74) is 1.93. The van der Waals surface area contributed by atoms with Gasteiger partial charge in [0.05, 0.1) is 0 Å². The molecule has 5 heteroatoms. The van der Waals surface area contributed by atoms with Gasteiger partial charge in [0, 0.05) is 6.04 Å². The van der Waals surface area contributed by atoms with Crippen LogP contribution in [0.25, 0.3) is 0 Å². The van der Waals surface area contributed by atoms with Gasteiger partial charge in [0.15, 0.2) is 13.2 Å². The summed E-state index contributed by atoms with van der Waals surface area (Å²) in [6, 6.07) is 5.97. The molecule has 0 saturated heterocycles. The van der Waals surface area contributed by atoms with Crippen molar-refractivity contribution in [2.75, 3.05) is 13.2 Å². The highest BCUT2D eigenvalue weighted by molar-refractivity contribution is 5.81. The molecule has 1 aliphatic rings. The quantitative estimate of drug-likeness (QED) is 0.813. The van der Waals surface area contributed by atoms with Crippen LogP contribution in [-0.4, -0.2) is 31.1 Å². The Labute approximate surface area is 143 Å². The van der Waals surface area contributed by atoms with E-state index in [9.17, 15) is 9.59 Å². The summed E-state index contributed by atoms with van der Waals surface area (Å²) < 4.78 is 10.5. The molecule has 2 atom stereocenters. The maximum Gasteiger partial charge on any atom is 0.344 e. The van der Waals surface area contributed by atoms with Gasteiger partial charge < -0.3 is 14.8 Å². The standard InChI is InChI=1S/C19H27NO4/c1-13-7-4-5-10-16(13)20-17(21)11-23-18(22)12-24-19-14(2)8-6-9-15(19)3/h6,8-9,13,16H,4-5,7,10-12H2,1-3H3,(H,20,21)/t13-,16-/m0/s1. The van der Waals surface area contributed by atoms with E-state index in [4.69, 9.17) is 9.47 Å². The first kappa shape index (κ1) is 18.3. The summed E-state index contributed by atoms with van der Waals surface area (Å²) in [4.78, 5) is 23.7. The fraction of sp³-hybridized carbons (Fsp3) is 0.579. The normalized spacial score (nSPS) is 20.3. The summed E-state index contributed by atoms with van der Waals surface area (Å²) in [5, 5.41) is 2.96. The van der Waals surface area contributed by atoms with Crippen LogP contribution in [-0.2, 0) is 14.3 Å². The molecule has 0 heterocycles. The lowest BCUT2D eigenvalue weighted by molar-refractivity contribution is -0.150. The number of para-hydroxylation sites is 1. The fourth-order valence-corrected chi connectivity index (χ4v) is 3.12. The number of nitrogens with one attached hydrogen (secondary N) is 1. The summed E-state index contributed by atoms with van der Waals surface area (Å²) in [6.45, 7) is 5.55. The average Bonchev–Trinajstić information content (AvgIpc) is 2.54. The number of benzene rings is 1. The van der Waals surface area contributed by atoms with Crippen molar-refractivity contribution in [1.82, 2.24) is 5.32 Å². The summed E-state index contributed by atoms with van der Waals surface area (Å²) in [5.74, 6) is 0.388. The number of hydrogen-bond donors (Lipinski definition) is 1. The molecule has 24 heavy (non-hydrogen) atoms. The second-order valence-corrected chi connectivity index (χ2v) is 6.61. The molecule has 0 spiro atoms. The van der Waals surface area contributed by atoms with E-state index in [1.54, 1.807) is 0 Å². The van der Waals surface area contributed by atoms with Crippen LogP contribution >= 0.6 is 0 Å². The monoisotopic (exact) mass is 333 g/mol. The van der Waals surface area contributed by atoms with E-state index in [-0.39, 0.29) is 25.2 Å². The van der Waals surface area contributed by atoms with E-state index in [1.807, 2.05) is 32.0 Å². The molecule has 1 aromatic carbocycles. The molecule has 1 fully saturated rings. The molecule has 0 aliphatic heterocycles. The second-order valence-electron chi connectivity index (χ2n) is 6.61. The molecule has 1 aromatic rings. The first-order chi connectivity index (χ1) is 11.5. The Morgan fingerprint density at radius 1 is 1.12 bits per heavy atom. The Kier molecular flexibility index (Phi) is 6.64. The van der Waals surface area contributed by atoms with Crippen molar-refractivity contribution in [3.8, 4) is 5.75 Å². The number of aryl methyl sites for hydroxylation is 2. The van der Waals surface area contributed by atoms with Gasteiger partial charge in [-0.1, -0.05) is 38.0 Å². The van der Waals surface area contributed by atoms with E-state index in [2.05, 4.69) is 12.2 Å². The SMILES string of the molecule is Cc1cccc(C)c1OCC(=O)OCC(=O)N[C@H]1CCCC[C@@H]1C. The van der Waals surface area contributed by atoms with Crippen molar-refractivity contribution in [2.45, 2.75) is 52.5 Å². The molecule has 0 unspecified atom stereocenters. The highest BCUT2D eigenvalue weighted by Crippen LogP contribution is 2.24. The lowest BCUT2D eigenvalue weighted by atomic mass is 9.86. The van der Waals surface area contributed by atoms with E-state index >= 15 is 0 Å². The van der Waals surface area contributed by atoms with Gasteiger partial charge >= 0.3 is 5.97 Å². The van der Waals surface area contributed by atoms with Gasteiger partial charge in [-0.3, -0.25) is 4.79 Å². The third kappa shape index (κ3) is 5.25. The molecule has 1 N–H and O–H groups in total. The molecule has 132 valence electrons. The molecular formula is C19H27NO4. The summed E-state index contributed by atoms with van der Waals surface area (Å²) in [7, 11) is 0. The van der Waals surface area contributed by atoms with Gasteiger partial charge in [-0.25, -0.2) is 4.79 Å². The molecular weight excluding hydrogens is 306 g/mol. The van der Waals surface area contributed by atoms with Crippen LogP contribution in [0.4, 0.5) is 0 Å². The lowest BCUT2D eigenvalue weighted by Gasteiger charge is -2.29. The van der Waals surface area contributed by atoms with E-state index in [0.29, 0.717) is 11.7 Å². The van der Waals surface area contributed by atoms with Crippen molar-refractivity contribution < 1.29 is 19.1 Å². The Morgan fingerprint density at radius 3 is 2.46 bits per heavy atom. The Hall–Kier alpha value is -2.04. The molecule has 1 aliphatic carbocycles. The van der Waals surface area contributed by atoms with Gasteiger partial charge in [0.25, 0.3) is 5.91 Å². The number of hydrogen-bond acceptors (Lipinski definition) is 4. The Morgan fingerprint density at radius 2 is 1.79 bits per heavy atom. The smallest absolute Gasteiger partial charge is 0.344 e. The van der Waals surface area contributed by atoms with Crippen molar-refractivity contribution >= 4 is 11.9 Å². The molecule has 5 nitrogen and oxygen atoms in total. The first-order valence-electron chi connectivity index (χ1n) is 8.61. The molecule has 0 aromatic heterocycles. The van der Waals surface area contributed by atoms with Gasteiger partial charge in [-0.05, 0) is 43.7 Å². The van der Waals surface area contributed by atoms with Gasteiger partial charge in [0.2, 0.25) is 0 Å². The van der Waals surface area contributed by atoms with E-state index < -0.39 is 5.97 Å². The fourth-order valence-electron chi connectivity index (χ4n) is 3.12. The van der Waals surface area contributed by atoms with Gasteiger partial charge in [-0.2, -0.15) is 0 Å². The Balaban J connectivity index is 1.72. The number of carbonyl (C=O) groups is 2. The molecule has 1 amide bonds. The third-order valence-corrected chi connectivity index (χ3v) is 4.57. The van der Waals surface area contributed by atoms with Gasteiger partial charge in [0.1, 0.15) is 5.75 Å². The van der Waals surface area contributed by atoms with Crippen LogP contribution in [0, 0.1) is 19.8 Å². The number of esters is 1. The largest absolute Gasteiger partial charge is 0.481 e. The van der Waals surface area contributed by atoms with Crippen molar-refractivity contribution in [3.05, 3.63) is 29.3 Å². The van der Waals surface area contributed by atoms with E-state index in [0.717, 1.165) is 30.4 Å². The number of carbonyl (C=O) groups excluding carboxylic acids is 2. The van der Waals surface area contributed by atoms with Crippen molar-refractivity contribution in [1.29, 1.82) is 0 Å². The Bertz CT molecular complexity index is 564. The number of rotatable bonds is 6. The van der Waals surface area contributed by atoms with Crippen LogP contribution in [0.3, 0.4) is 0 Å². The minimum atomic E-state index is -0.538. The van der Waals surface area contributed by atoms with Crippen molar-refractivity contribution in [2.24, 2.45) is 5.92 Å². The number of amides is 1. The molecule has 0 radical (unpaired) electrons. The highest BCUT2D eigenvalue weighted by atomic mass is 16.6. The first-order valence-corrected chi connectivity index (χ1v) is 8.61. The maximum absolute atomic E-state index is 11.9. The molecule has 2 rings (SSSR count). The summed E-state index contributed by atoms with van der Waals surface area (Å²) >= 11 is 0. The van der Waals surface area contributed by atoms with Crippen LogP contribution in [0.2, 0.25) is 0 Å².